The third-order valence-electron chi connectivity index (χ3n) is 9.03. The van der Waals surface area contributed by atoms with E-state index in [9.17, 15) is 0 Å². The molecule has 7 rings (SSSR count). The zero-order valence-electron chi connectivity index (χ0n) is 24.4. The van der Waals surface area contributed by atoms with Gasteiger partial charge >= 0.3 is 0 Å². The van der Waals surface area contributed by atoms with Crippen LogP contribution in [0, 0.1) is 13.8 Å². The third-order valence-corrected chi connectivity index (χ3v) is 12.3. The van der Waals surface area contributed by atoms with Gasteiger partial charge in [0.2, 0.25) is 0 Å². The Balaban J connectivity index is 1.55. The molecular weight excluding hydrogens is 531 g/mol. The predicted octanol–water partition coefficient (Wildman–Crippen LogP) is 9.76. The minimum absolute atomic E-state index is 0.270. The average molecular weight is 569 g/mol. The molecule has 2 aliphatic rings. The first kappa shape index (κ1) is 27.3. The maximum absolute atomic E-state index is 6.53. The van der Waals surface area contributed by atoms with E-state index >= 15 is 0 Å². The maximum Gasteiger partial charge on any atom is 0.170 e. The van der Waals surface area contributed by atoms with Crippen molar-refractivity contribution in [2.45, 2.75) is 43.8 Å². The Hall–Kier alpha value is -3.55. The number of hydrogen-bond acceptors (Lipinski definition) is 2. The molecule has 5 aromatic rings. The number of benzene rings is 5. The van der Waals surface area contributed by atoms with E-state index in [0.717, 1.165) is 12.8 Å². The molecule has 2 saturated heterocycles. The van der Waals surface area contributed by atoms with E-state index in [4.69, 9.17) is 9.47 Å². The van der Waals surface area contributed by atoms with Crippen molar-refractivity contribution in [2.75, 3.05) is 13.2 Å². The summed E-state index contributed by atoms with van der Waals surface area (Å²) < 4.78 is 13.1. The van der Waals surface area contributed by atoms with E-state index in [1.807, 2.05) is 0 Å². The van der Waals surface area contributed by atoms with Crippen LogP contribution in [0.3, 0.4) is 0 Å². The van der Waals surface area contributed by atoms with Gasteiger partial charge in [0.15, 0.2) is 5.79 Å². The highest BCUT2D eigenvalue weighted by Crippen LogP contribution is 2.71. The fraction of sp³-hybridized carbons (Fsp3) is 0.231. The predicted molar refractivity (Wildman–Crippen MR) is 176 cm³/mol. The van der Waals surface area contributed by atoms with Crippen LogP contribution in [0.2, 0.25) is 0 Å². The molecule has 2 aliphatic heterocycles. The topological polar surface area (TPSA) is 18.5 Å². The van der Waals surface area contributed by atoms with Crippen LogP contribution in [-0.2, 0) is 9.47 Å². The lowest BCUT2D eigenvalue weighted by atomic mass is 9.94. The van der Waals surface area contributed by atoms with Gasteiger partial charge in [0.25, 0.3) is 0 Å². The summed E-state index contributed by atoms with van der Waals surface area (Å²) in [5.41, 5.74) is 11.2. The molecule has 5 aromatic carbocycles. The van der Waals surface area contributed by atoms with Crippen molar-refractivity contribution in [1.82, 2.24) is 0 Å². The molecule has 2 fully saturated rings. The van der Waals surface area contributed by atoms with Crippen LogP contribution in [0.25, 0.3) is 22.3 Å². The first-order valence-electron chi connectivity index (χ1n) is 15.0. The highest BCUT2D eigenvalue weighted by molar-refractivity contribution is 7.67. The summed E-state index contributed by atoms with van der Waals surface area (Å²) in [5.74, 6) is -0.555. The number of ether oxygens (including phenoxy) is 2. The van der Waals surface area contributed by atoms with Crippen molar-refractivity contribution in [3.05, 3.63) is 150 Å². The second-order valence-corrected chi connectivity index (χ2v) is 14.1. The molecule has 0 aromatic heterocycles. The Morgan fingerprint density at radius 3 is 1.36 bits per heavy atom. The van der Waals surface area contributed by atoms with Gasteiger partial charge in [-0.3, -0.25) is 0 Å². The second-order valence-electron chi connectivity index (χ2n) is 11.6. The fourth-order valence-corrected chi connectivity index (χ4v) is 11.0. The molecule has 2 nitrogen and oxygen atoms in total. The van der Waals surface area contributed by atoms with Gasteiger partial charge in [-0.1, -0.05) is 135 Å². The zero-order valence-corrected chi connectivity index (χ0v) is 25.3. The molecule has 210 valence electrons. The first-order valence-corrected chi connectivity index (χ1v) is 16.5. The van der Waals surface area contributed by atoms with Crippen molar-refractivity contribution in [3.8, 4) is 22.3 Å². The van der Waals surface area contributed by atoms with Crippen LogP contribution in [0.4, 0.5) is 0 Å². The van der Waals surface area contributed by atoms with Crippen molar-refractivity contribution in [1.29, 1.82) is 0 Å². The van der Waals surface area contributed by atoms with Crippen LogP contribution in [0.1, 0.15) is 46.4 Å². The van der Waals surface area contributed by atoms with Gasteiger partial charge in [-0.2, -0.15) is 0 Å². The maximum atomic E-state index is 6.53. The number of aryl methyl sites for hydroxylation is 2. The molecule has 3 heteroatoms. The summed E-state index contributed by atoms with van der Waals surface area (Å²) in [6.07, 6.45) is 1.72. The molecule has 2 unspecified atom stereocenters. The number of hydrogen-bond donors (Lipinski definition) is 0. The third kappa shape index (κ3) is 5.03. The highest BCUT2D eigenvalue weighted by atomic mass is 31.1. The quantitative estimate of drug-likeness (QED) is 0.197. The van der Waals surface area contributed by atoms with Crippen molar-refractivity contribution in [3.63, 3.8) is 0 Å². The molecule has 1 spiro atoms. The molecule has 0 amide bonds. The molecule has 0 saturated carbocycles. The van der Waals surface area contributed by atoms with Crippen LogP contribution in [0.15, 0.2) is 127 Å². The van der Waals surface area contributed by atoms with E-state index < -0.39 is 13.7 Å². The minimum Gasteiger partial charge on any atom is -0.347 e. The van der Waals surface area contributed by atoms with Gasteiger partial charge in [-0.05, 0) is 63.7 Å². The van der Waals surface area contributed by atoms with Gasteiger partial charge in [-0.25, -0.2) is 0 Å². The lowest BCUT2D eigenvalue weighted by molar-refractivity contribution is -0.170. The van der Waals surface area contributed by atoms with Crippen molar-refractivity contribution < 1.29 is 9.47 Å². The molecule has 2 atom stereocenters. The zero-order chi connectivity index (χ0) is 28.5. The molecule has 2 heterocycles. The van der Waals surface area contributed by atoms with Crippen LogP contribution in [-0.4, -0.2) is 19.0 Å². The molecule has 0 radical (unpaired) electrons. The molecule has 42 heavy (non-hydrogen) atoms. The lowest BCUT2D eigenvalue weighted by Crippen LogP contribution is -2.39. The van der Waals surface area contributed by atoms with Gasteiger partial charge in [-0.15, -0.1) is 0 Å². The van der Waals surface area contributed by atoms with Crippen LogP contribution >= 0.6 is 7.92 Å². The SMILES string of the molecule is Cc1ccccc1-c1cccc(-c2ccccc2C)c1P1C(c2ccccc2)CC2(CC1c1ccccc1)OCCO2. The van der Waals surface area contributed by atoms with E-state index in [1.165, 1.54) is 49.8 Å². The van der Waals surface area contributed by atoms with Crippen LogP contribution < -0.4 is 5.30 Å². The smallest absolute Gasteiger partial charge is 0.170 e. The average Bonchev–Trinajstić information content (AvgIpc) is 3.49. The Bertz CT molecular complexity index is 1560. The van der Waals surface area contributed by atoms with E-state index in [-0.39, 0.29) is 11.3 Å². The summed E-state index contributed by atoms with van der Waals surface area (Å²) in [5, 5.41) is 1.49. The van der Waals surface area contributed by atoms with Crippen molar-refractivity contribution >= 4 is 13.2 Å². The molecule has 0 aliphatic carbocycles. The second kappa shape index (κ2) is 11.6. The molecule has 0 bridgehead atoms. The monoisotopic (exact) mass is 568 g/mol. The fourth-order valence-electron chi connectivity index (χ4n) is 7.04. The standard InChI is InChI=1S/C39H37O2P/c1-28-14-9-11-20-32(28)34-22-13-23-35(33-21-12-10-15-29(33)2)38(34)42-36(30-16-5-3-6-17-30)26-39(40-24-25-41-39)27-37(42)31-18-7-4-8-19-31/h3-23,36-37H,24-27H2,1-2H3. The minimum atomic E-state index is -0.762. The summed E-state index contributed by atoms with van der Waals surface area (Å²) >= 11 is 0. The Labute approximate surface area is 251 Å². The summed E-state index contributed by atoms with van der Waals surface area (Å²) in [6, 6.07) is 47.0. The highest BCUT2D eigenvalue weighted by Gasteiger charge is 2.51. The molecule has 0 N–H and O–H groups in total. The first-order chi connectivity index (χ1) is 20.6. The van der Waals surface area contributed by atoms with Gasteiger partial charge in [0.1, 0.15) is 0 Å². The summed E-state index contributed by atoms with van der Waals surface area (Å²) in [6.45, 7) is 5.81. The summed E-state index contributed by atoms with van der Waals surface area (Å²) in [4.78, 5) is 0. The van der Waals surface area contributed by atoms with E-state index in [2.05, 4.69) is 141 Å². The van der Waals surface area contributed by atoms with Crippen LogP contribution in [0.5, 0.6) is 0 Å². The Morgan fingerprint density at radius 1 is 0.500 bits per heavy atom. The Morgan fingerprint density at radius 2 is 0.905 bits per heavy atom. The largest absolute Gasteiger partial charge is 0.347 e. The molecular formula is C39H37O2P. The van der Waals surface area contributed by atoms with E-state index in [0.29, 0.717) is 13.2 Å². The normalized spacial score (nSPS) is 21.4. The lowest BCUT2D eigenvalue weighted by Gasteiger charge is -2.48. The van der Waals surface area contributed by atoms with Crippen molar-refractivity contribution in [2.24, 2.45) is 0 Å². The summed E-state index contributed by atoms with van der Waals surface area (Å²) in [7, 11) is -0.762. The van der Waals surface area contributed by atoms with Gasteiger partial charge in [0.05, 0.1) is 13.2 Å². The van der Waals surface area contributed by atoms with Gasteiger partial charge in [0, 0.05) is 24.2 Å². The number of rotatable bonds is 5. The Kier molecular flexibility index (Phi) is 7.55. The van der Waals surface area contributed by atoms with Gasteiger partial charge < -0.3 is 9.47 Å². The van der Waals surface area contributed by atoms with E-state index in [1.54, 1.807) is 0 Å².